The Morgan fingerprint density at radius 2 is 2.26 bits per heavy atom. The Balaban J connectivity index is 1.78. The first-order chi connectivity index (χ1) is 9.04. The Morgan fingerprint density at radius 1 is 1.58 bits per heavy atom. The number of hydrogen-bond donors (Lipinski definition) is 1. The maximum atomic E-state index is 12.1. The summed E-state index contributed by atoms with van der Waals surface area (Å²) in [5.41, 5.74) is 1.03. The van der Waals surface area contributed by atoms with Crippen LogP contribution in [-0.4, -0.2) is 58.6 Å². The molecule has 1 saturated heterocycles. The number of aryl methyl sites for hydroxylation is 1. The van der Waals surface area contributed by atoms with Crippen LogP contribution in [-0.2, 0) is 11.3 Å². The average Bonchev–Trinajstić information content (AvgIpc) is 2.75. The third kappa shape index (κ3) is 4.26. The number of hydrogen-bond acceptors (Lipinski definition) is 5. The molecule has 0 unspecified atom stereocenters. The number of likely N-dealkylation sites (tertiary alicyclic amines) is 1. The molecule has 2 rings (SSSR count). The zero-order valence-corrected chi connectivity index (χ0v) is 12.3. The second-order valence-electron chi connectivity index (χ2n) is 5.17. The molecule has 19 heavy (non-hydrogen) atoms. The van der Waals surface area contributed by atoms with Crippen LogP contribution in [0.5, 0.6) is 0 Å². The maximum absolute atomic E-state index is 12.1. The van der Waals surface area contributed by atoms with Crippen molar-refractivity contribution in [1.82, 2.24) is 14.8 Å². The zero-order valence-electron chi connectivity index (χ0n) is 11.5. The van der Waals surface area contributed by atoms with Crippen molar-refractivity contribution >= 4 is 17.2 Å². The number of piperidine rings is 1. The van der Waals surface area contributed by atoms with Crippen LogP contribution in [0.2, 0.25) is 0 Å². The normalized spacial score (nSPS) is 17.2. The zero-order chi connectivity index (χ0) is 13.8. The van der Waals surface area contributed by atoms with Gasteiger partial charge in [0.2, 0.25) is 5.91 Å². The molecule has 2 heterocycles. The molecule has 1 aromatic rings. The van der Waals surface area contributed by atoms with Gasteiger partial charge in [0.05, 0.1) is 19.2 Å². The van der Waals surface area contributed by atoms with Crippen LogP contribution in [0.3, 0.4) is 0 Å². The maximum Gasteiger partial charge on any atom is 0.236 e. The largest absolute Gasteiger partial charge is 0.393 e. The number of thiazole rings is 1. The molecule has 0 saturated carbocycles. The Kier molecular flexibility index (Phi) is 4.90. The van der Waals surface area contributed by atoms with Crippen molar-refractivity contribution < 1.29 is 9.90 Å². The van der Waals surface area contributed by atoms with E-state index in [1.54, 1.807) is 11.3 Å². The highest BCUT2D eigenvalue weighted by atomic mass is 32.1. The number of aliphatic hydroxyl groups excluding tert-OH is 1. The number of carbonyl (C=O) groups excluding carboxylic acids is 1. The molecule has 1 amide bonds. The molecule has 1 aliphatic heterocycles. The van der Waals surface area contributed by atoms with Gasteiger partial charge >= 0.3 is 0 Å². The van der Waals surface area contributed by atoms with E-state index < -0.39 is 0 Å². The van der Waals surface area contributed by atoms with Crippen LogP contribution in [0.4, 0.5) is 0 Å². The summed E-state index contributed by atoms with van der Waals surface area (Å²) >= 11 is 1.63. The highest BCUT2D eigenvalue weighted by molar-refractivity contribution is 7.09. The quantitative estimate of drug-likeness (QED) is 0.891. The smallest absolute Gasteiger partial charge is 0.236 e. The lowest BCUT2D eigenvalue weighted by Gasteiger charge is -2.30. The first-order valence-electron chi connectivity index (χ1n) is 6.60. The molecule has 1 fully saturated rings. The van der Waals surface area contributed by atoms with Gasteiger partial charge in [-0.05, 0) is 26.8 Å². The van der Waals surface area contributed by atoms with Crippen LogP contribution < -0.4 is 0 Å². The van der Waals surface area contributed by atoms with Crippen LogP contribution in [0.1, 0.15) is 23.5 Å². The van der Waals surface area contributed by atoms with Gasteiger partial charge in [-0.25, -0.2) is 4.98 Å². The first kappa shape index (κ1) is 14.4. The monoisotopic (exact) mass is 283 g/mol. The number of amides is 1. The molecular weight excluding hydrogens is 262 g/mol. The summed E-state index contributed by atoms with van der Waals surface area (Å²) in [7, 11) is 1.94. The SMILES string of the molecule is Cc1csc(CN(C)CC(=O)N2CCC(O)CC2)n1. The second kappa shape index (κ2) is 6.45. The first-order valence-corrected chi connectivity index (χ1v) is 7.48. The molecule has 0 aromatic carbocycles. The number of carbonyl (C=O) groups is 1. The number of aromatic nitrogens is 1. The van der Waals surface area contributed by atoms with Gasteiger partial charge < -0.3 is 10.0 Å². The molecule has 0 bridgehead atoms. The van der Waals surface area contributed by atoms with Gasteiger partial charge in [-0.2, -0.15) is 0 Å². The minimum absolute atomic E-state index is 0.141. The predicted molar refractivity (Wildman–Crippen MR) is 75.0 cm³/mol. The molecular formula is C13H21N3O2S. The fourth-order valence-corrected chi connectivity index (χ4v) is 3.06. The van der Waals surface area contributed by atoms with Crippen molar-refractivity contribution in [2.24, 2.45) is 0 Å². The lowest BCUT2D eigenvalue weighted by atomic mass is 10.1. The Hall–Kier alpha value is -0.980. The lowest BCUT2D eigenvalue weighted by molar-refractivity contribution is -0.134. The molecule has 106 valence electrons. The standard InChI is InChI=1S/C13H21N3O2S/c1-10-9-19-12(14-10)7-15(2)8-13(18)16-5-3-11(17)4-6-16/h9,11,17H,3-8H2,1-2H3. The molecule has 6 heteroatoms. The highest BCUT2D eigenvalue weighted by Gasteiger charge is 2.22. The van der Waals surface area contributed by atoms with Crippen molar-refractivity contribution in [2.75, 3.05) is 26.7 Å². The van der Waals surface area contributed by atoms with Crippen LogP contribution in [0.15, 0.2) is 5.38 Å². The van der Waals surface area contributed by atoms with E-state index in [1.807, 2.05) is 29.2 Å². The van der Waals surface area contributed by atoms with Crippen molar-refractivity contribution in [1.29, 1.82) is 0 Å². The summed E-state index contributed by atoms with van der Waals surface area (Å²) in [6.07, 6.45) is 1.16. The van der Waals surface area contributed by atoms with Crippen LogP contribution in [0.25, 0.3) is 0 Å². The fourth-order valence-electron chi connectivity index (χ4n) is 2.21. The fraction of sp³-hybridized carbons (Fsp3) is 0.692. The summed E-state index contributed by atoms with van der Waals surface area (Å²) in [6, 6.07) is 0. The van der Waals surface area contributed by atoms with E-state index in [0.717, 1.165) is 10.7 Å². The Bertz CT molecular complexity index is 427. The Morgan fingerprint density at radius 3 is 2.84 bits per heavy atom. The summed E-state index contributed by atoms with van der Waals surface area (Å²) in [6.45, 7) is 4.44. The van der Waals surface area contributed by atoms with Crippen molar-refractivity contribution in [2.45, 2.75) is 32.4 Å². The van der Waals surface area contributed by atoms with Gasteiger partial charge in [-0.15, -0.1) is 11.3 Å². The summed E-state index contributed by atoms with van der Waals surface area (Å²) in [5.74, 6) is 0.141. The summed E-state index contributed by atoms with van der Waals surface area (Å²) in [5, 5.41) is 12.5. The molecule has 0 atom stereocenters. The van der Waals surface area contributed by atoms with E-state index in [0.29, 0.717) is 39.0 Å². The second-order valence-corrected chi connectivity index (χ2v) is 6.11. The predicted octanol–water partition coefficient (Wildman–Crippen LogP) is 0.867. The van der Waals surface area contributed by atoms with E-state index in [9.17, 15) is 9.90 Å². The summed E-state index contributed by atoms with van der Waals surface area (Å²) in [4.78, 5) is 20.3. The molecule has 1 aliphatic rings. The number of nitrogens with zero attached hydrogens (tertiary/aromatic N) is 3. The molecule has 5 nitrogen and oxygen atoms in total. The molecule has 1 N–H and O–H groups in total. The van der Waals surface area contributed by atoms with E-state index in [1.165, 1.54) is 0 Å². The third-order valence-electron chi connectivity index (χ3n) is 3.29. The number of rotatable bonds is 4. The van der Waals surface area contributed by atoms with Gasteiger partial charge in [0.15, 0.2) is 0 Å². The van der Waals surface area contributed by atoms with Crippen LogP contribution >= 0.6 is 11.3 Å². The Labute approximate surface area is 117 Å². The minimum Gasteiger partial charge on any atom is -0.393 e. The molecule has 0 aliphatic carbocycles. The average molecular weight is 283 g/mol. The topological polar surface area (TPSA) is 56.7 Å². The van der Waals surface area contributed by atoms with Gasteiger partial charge in [0.1, 0.15) is 5.01 Å². The number of likely N-dealkylation sites (N-methyl/N-ethyl adjacent to an activating group) is 1. The van der Waals surface area contributed by atoms with Crippen LogP contribution in [0, 0.1) is 6.92 Å². The summed E-state index contributed by atoms with van der Waals surface area (Å²) < 4.78 is 0. The highest BCUT2D eigenvalue weighted by Crippen LogP contribution is 2.12. The molecule has 0 radical (unpaired) electrons. The van der Waals surface area contributed by atoms with Gasteiger partial charge in [0, 0.05) is 24.2 Å². The van der Waals surface area contributed by atoms with Crippen molar-refractivity contribution in [3.63, 3.8) is 0 Å². The molecule has 0 spiro atoms. The number of aliphatic hydroxyl groups is 1. The van der Waals surface area contributed by atoms with E-state index in [4.69, 9.17) is 0 Å². The lowest BCUT2D eigenvalue weighted by Crippen LogP contribution is -2.44. The van der Waals surface area contributed by atoms with Gasteiger partial charge in [-0.1, -0.05) is 0 Å². The van der Waals surface area contributed by atoms with E-state index in [2.05, 4.69) is 4.98 Å². The van der Waals surface area contributed by atoms with Crippen molar-refractivity contribution in [3.05, 3.63) is 16.1 Å². The molecule has 1 aromatic heterocycles. The third-order valence-corrected chi connectivity index (χ3v) is 4.25. The van der Waals surface area contributed by atoms with Gasteiger partial charge in [0.25, 0.3) is 0 Å². The van der Waals surface area contributed by atoms with E-state index >= 15 is 0 Å². The van der Waals surface area contributed by atoms with Crippen molar-refractivity contribution in [3.8, 4) is 0 Å². The van der Waals surface area contributed by atoms with E-state index in [-0.39, 0.29) is 12.0 Å². The van der Waals surface area contributed by atoms with Gasteiger partial charge in [-0.3, -0.25) is 9.69 Å². The minimum atomic E-state index is -0.236.